The molecule has 1 N–H and O–H groups in total. The molecule has 0 heterocycles. The summed E-state index contributed by atoms with van der Waals surface area (Å²) in [6, 6.07) is 9.06. The third kappa shape index (κ3) is 5.02. The van der Waals surface area contributed by atoms with Gasteiger partial charge in [0.15, 0.2) is 0 Å². The predicted octanol–water partition coefficient (Wildman–Crippen LogP) is 4.63. The van der Waals surface area contributed by atoms with Gasteiger partial charge in [-0.2, -0.15) is 11.8 Å². The first-order valence-corrected chi connectivity index (χ1v) is 8.04. The molecule has 0 amide bonds. The van der Waals surface area contributed by atoms with Crippen molar-refractivity contribution >= 4 is 27.7 Å². The van der Waals surface area contributed by atoms with E-state index in [4.69, 9.17) is 0 Å². The normalized spacial score (nSPS) is 13.7. The van der Waals surface area contributed by atoms with Gasteiger partial charge in [-0.3, -0.25) is 0 Å². The molecule has 17 heavy (non-hydrogen) atoms. The van der Waals surface area contributed by atoms with E-state index in [-0.39, 0.29) is 0 Å². The summed E-state index contributed by atoms with van der Waals surface area (Å²) in [6.45, 7) is 7.81. The minimum absolute atomic E-state index is 0.294. The zero-order valence-corrected chi connectivity index (χ0v) is 13.5. The van der Waals surface area contributed by atoms with Crippen LogP contribution in [0, 0.1) is 0 Å². The maximum absolute atomic E-state index is 3.66. The van der Waals surface area contributed by atoms with Crippen LogP contribution in [0.25, 0.3) is 0 Å². The zero-order valence-electron chi connectivity index (χ0n) is 11.1. The smallest absolute Gasteiger partial charge is 0.0318 e. The first-order chi connectivity index (χ1) is 7.98. The number of benzene rings is 1. The van der Waals surface area contributed by atoms with E-state index in [1.54, 1.807) is 0 Å². The van der Waals surface area contributed by atoms with Crippen LogP contribution in [-0.4, -0.2) is 17.5 Å². The molecule has 1 atom stereocenters. The highest BCUT2D eigenvalue weighted by atomic mass is 79.9. The lowest BCUT2D eigenvalue weighted by Gasteiger charge is -2.26. The van der Waals surface area contributed by atoms with Crippen molar-refractivity contribution in [3.05, 3.63) is 34.3 Å². The summed E-state index contributed by atoms with van der Waals surface area (Å²) in [5.74, 6) is 0. The Labute approximate surface area is 118 Å². The second-order valence-electron chi connectivity index (χ2n) is 4.86. The van der Waals surface area contributed by atoms with Crippen LogP contribution >= 0.6 is 27.7 Å². The first-order valence-electron chi connectivity index (χ1n) is 6.02. The molecule has 1 aromatic carbocycles. The zero-order chi connectivity index (χ0) is 12.9. The molecule has 96 valence electrons. The van der Waals surface area contributed by atoms with Gasteiger partial charge in [0.1, 0.15) is 0 Å². The highest BCUT2D eigenvalue weighted by Crippen LogP contribution is 2.23. The summed E-state index contributed by atoms with van der Waals surface area (Å²) < 4.78 is 1.43. The van der Waals surface area contributed by atoms with E-state index in [0.29, 0.717) is 10.8 Å². The van der Waals surface area contributed by atoms with Crippen LogP contribution in [0.2, 0.25) is 0 Å². The minimum atomic E-state index is 0.294. The molecule has 1 aromatic rings. The standard InChI is InChI=1S/C14H22BrNS/c1-5-13(16-10-14(2,3)17-4)11-6-8-12(15)9-7-11/h6-9,13,16H,5,10H2,1-4H3. The second kappa shape index (κ2) is 6.81. The van der Waals surface area contributed by atoms with Gasteiger partial charge in [0.2, 0.25) is 0 Å². The van der Waals surface area contributed by atoms with E-state index in [1.165, 1.54) is 5.56 Å². The van der Waals surface area contributed by atoms with E-state index >= 15 is 0 Å². The molecule has 0 bridgehead atoms. The summed E-state index contributed by atoms with van der Waals surface area (Å²) >= 11 is 5.38. The monoisotopic (exact) mass is 315 g/mol. The lowest BCUT2D eigenvalue weighted by atomic mass is 10.0. The van der Waals surface area contributed by atoms with Crippen molar-refractivity contribution in [3.63, 3.8) is 0 Å². The molecule has 0 radical (unpaired) electrons. The Morgan fingerprint density at radius 2 is 1.88 bits per heavy atom. The van der Waals surface area contributed by atoms with Crippen LogP contribution in [0.15, 0.2) is 28.7 Å². The summed E-state index contributed by atoms with van der Waals surface area (Å²) in [5, 5.41) is 3.66. The molecule has 0 saturated heterocycles. The van der Waals surface area contributed by atoms with Gasteiger partial charge in [-0.1, -0.05) is 35.0 Å². The molecule has 0 fully saturated rings. The molecule has 0 spiro atoms. The van der Waals surface area contributed by atoms with Crippen LogP contribution in [-0.2, 0) is 0 Å². The van der Waals surface area contributed by atoms with Gasteiger partial charge < -0.3 is 5.32 Å². The fourth-order valence-electron chi connectivity index (χ4n) is 1.63. The fraction of sp³-hybridized carbons (Fsp3) is 0.571. The van der Waals surface area contributed by atoms with Gasteiger partial charge in [-0.05, 0) is 44.2 Å². The average molecular weight is 316 g/mol. The van der Waals surface area contributed by atoms with Crippen molar-refractivity contribution in [1.82, 2.24) is 5.32 Å². The van der Waals surface area contributed by atoms with Crippen molar-refractivity contribution in [3.8, 4) is 0 Å². The summed E-state index contributed by atoms with van der Waals surface area (Å²) in [7, 11) is 0. The van der Waals surface area contributed by atoms with E-state index in [2.05, 4.69) is 72.5 Å². The van der Waals surface area contributed by atoms with E-state index < -0.39 is 0 Å². The summed E-state index contributed by atoms with van der Waals surface area (Å²) in [5.41, 5.74) is 1.37. The molecule has 0 aliphatic rings. The molecule has 3 heteroatoms. The van der Waals surface area contributed by atoms with Crippen LogP contribution in [0.4, 0.5) is 0 Å². The van der Waals surface area contributed by atoms with Crippen LogP contribution in [0.3, 0.4) is 0 Å². The lowest BCUT2D eigenvalue weighted by molar-refractivity contribution is 0.485. The highest BCUT2D eigenvalue weighted by Gasteiger charge is 2.18. The summed E-state index contributed by atoms with van der Waals surface area (Å²) in [4.78, 5) is 0. The average Bonchev–Trinajstić information content (AvgIpc) is 2.32. The van der Waals surface area contributed by atoms with Crippen LogP contribution < -0.4 is 5.32 Å². The Morgan fingerprint density at radius 1 is 1.29 bits per heavy atom. The third-order valence-corrected chi connectivity index (χ3v) is 4.79. The predicted molar refractivity (Wildman–Crippen MR) is 82.8 cm³/mol. The second-order valence-corrected chi connectivity index (χ2v) is 7.29. The van der Waals surface area contributed by atoms with Gasteiger partial charge in [0, 0.05) is 21.8 Å². The van der Waals surface area contributed by atoms with Crippen LogP contribution in [0.1, 0.15) is 38.8 Å². The molecule has 0 aliphatic heterocycles. The van der Waals surface area contributed by atoms with Gasteiger partial charge in [-0.15, -0.1) is 0 Å². The number of rotatable bonds is 6. The summed E-state index contributed by atoms with van der Waals surface area (Å²) in [6.07, 6.45) is 3.29. The Balaban J connectivity index is 2.63. The molecule has 0 aliphatic carbocycles. The fourth-order valence-corrected chi connectivity index (χ4v) is 2.13. The van der Waals surface area contributed by atoms with Gasteiger partial charge in [0.25, 0.3) is 0 Å². The number of halogens is 1. The van der Waals surface area contributed by atoms with Crippen LogP contribution in [0.5, 0.6) is 0 Å². The Morgan fingerprint density at radius 3 is 2.35 bits per heavy atom. The Kier molecular flexibility index (Phi) is 6.04. The van der Waals surface area contributed by atoms with Crippen molar-refractivity contribution < 1.29 is 0 Å². The number of hydrogen-bond acceptors (Lipinski definition) is 2. The Bertz CT molecular complexity index is 335. The van der Waals surface area contributed by atoms with Gasteiger partial charge >= 0.3 is 0 Å². The number of nitrogens with one attached hydrogen (secondary N) is 1. The molecule has 1 rings (SSSR count). The van der Waals surface area contributed by atoms with E-state index in [0.717, 1.165) is 17.4 Å². The molecular weight excluding hydrogens is 294 g/mol. The van der Waals surface area contributed by atoms with Crippen molar-refractivity contribution in [1.29, 1.82) is 0 Å². The molecule has 0 saturated carbocycles. The lowest BCUT2D eigenvalue weighted by Crippen LogP contribution is -2.34. The van der Waals surface area contributed by atoms with Crippen molar-refractivity contribution in [2.24, 2.45) is 0 Å². The first kappa shape index (κ1) is 15.1. The Hall–Kier alpha value is 0.01000. The molecular formula is C14H22BrNS. The quantitative estimate of drug-likeness (QED) is 0.821. The van der Waals surface area contributed by atoms with Gasteiger partial charge in [-0.25, -0.2) is 0 Å². The van der Waals surface area contributed by atoms with Crippen molar-refractivity contribution in [2.75, 3.05) is 12.8 Å². The third-order valence-electron chi connectivity index (χ3n) is 3.01. The maximum atomic E-state index is 3.66. The maximum Gasteiger partial charge on any atom is 0.0318 e. The minimum Gasteiger partial charge on any atom is -0.309 e. The largest absolute Gasteiger partial charge is 0.309 e. The van der Waals surface area contributed by atoms with Crippen molar-refractivity contribution in [2.45, 2.75) is 38.0 Å². The number of hydrogen-bond donors (Lipinski definition) is 1. The van der Waals surface area contributed by atoms with E-state index in [1.807, 2.05) is 11.8 Å². The SMILES string of the molecule is CCC(NCC(C)(C)SC)c1ccc(Br)cc1. The molecule has 1 unspecified atom stereocenters. The van der Waals surface area contributed by atoms with Gasteiger partial charge in [0.05, 0.1) is 0 Å². The molecule has 0 aromatic heterocycles. The molecule has 1 nitrogen and oxygen atoms in total. The topological polar surface area (TPSA) is 12.0 Å². The van der Waals surface area contributed by atoms with E-state index in [9.17, 15) is 0 Å². The number of thioether (sulfide) groups is 1. The highest BCUT2D eigenvalue weighted by molar-refractivity contribution is 9.10.